The Hall–Kier alpha value is -1.89. The molecule has 0 bridgehead atoms. The first-order valence-corrected chi connectivity index (χ1v) is 7.32. The Morgan fingerprint density at radius 2 is 2.29 bits per heavy atom. The predicted molar refractivity (Wildman–Crippen MR) is 74.2 cm³/mol. The van der Waals surface area contributed by atoms with Crippen molar-refractivity contribution in [1.29, 1.82) is 0 Å². The maximum absolute atomic E-state index is 12.5. The Labute approximate surface area is 123 Å². The molecule has 0 unspecified atom stereocenters. The third kappa shape index (κ3) is 2.92. The van der Waals surface area contributed by atoms with Gasteiger partial charge in [-0.15, -0.1) is 0 Å². The molecule has 0 spiro atoms. The fourth-order valence-electron chi connectivity index (χ4n) is 2.92. The van der Waals surface area contributed by atoms with E-state index in [4.69, 9.17) is 4.74 Å². The van der Waals surface area contributed by atoms with Gasteiger partial charge >= 0.3 is 0 Å². The summed E-state index contributed by atoms with van der Waals surface area (Å²) in [6.07, 6.45) is 3.09. The van der Waals surface area contributed by atoms with Crippen LogP contribution in [0.1, 0.15) is 31.6 Å². The summed E-state index contributed by atoms with van der Waals surface area (Å²) < 4.78 is 5.75. The molecule has 0 aliphatic carbocycles. The van der Waals surface area contributed by atoms with E-state index in [-0.39, 0.29) is 29.9 Å². The predicted octanol–water partition coefficient (Wildman–Crippen LogP) is 0.224. The molecule has 3 rings (SSSR count). The molecule has 2 aliphatic rings. The van der Waals surface area contributed by atoms with Crippen LogP contribution < -0.4 is 5.32 Å². The van der Waals surface area contributed by atoms with E-state index in [1.807, 2.05) is 6.07 Å². The third-order valence-electron chi connectivity index (χ3n) is 4.16. The van der Waals surface area contributed by atoms with Crippen molar-refractivity contribution in [1.82, 2.24) is 20.4 Å². The van der Waals surface area contributed by atoms with Crippen LogP contribution in [0.4, 0.5) is 0 Å². The lowest BCUT2D eigenvalue weighted by atomic mass is 9.91. The molecule has 2 amide bonds. The van der Waals surface area contributed by atoms with Crippen LogP contribution in [-0.2, 0) is 14.3 Å². The zero-order valence-corrected chi connectivity index (χ0v) is 12.0. The molecule has 2 aliphatic heterocycles. The average Bonchev–Trinajstić information content (AvgIpc) is 2.95. The third-order valence-corrected chi connectivity index (χ3v) is 4.16. The fourth-order valence-corrected chi connectivity index (χ4v) is 2.92. The standard InChI is InChI=1S/C14H20N4O3/c1-9(19)18-7-10(8-18)16-14(20)11-3-2-6-21-13(11)12-4-5-15-17-12/h4-5,10-11,13H,2-3,6-8H2,1H3,(H,15,17)(H,16,20)/t11-,13-/m1/s1. The van der Waals surface area contributed by atoms with Gasteiger partial charge in [0, 0.05) is 32.8 Å². The number of ether oxygens (including phenoxy) is 1. The topological polar surface area (TPSA) is 87.3 Å². The minimum absolute atomic E-state index is 0.00232. The lowest BCUT2D eigenvalue weighted by molar-refractivity contribution is -0.141. The van der Waals surface area contributed by atoms with Crippen LogP contribution in [0.2, 0.25) is 0 Å². The van der Waals surface area contributed by atoms with Gasteiger partial charge in [0.1, 0.15) is 6.10 Å². The van der Waals surface area contributed by atoms with Gasteiger partial charge in [-0.1, -0.05) is 0 Å². The van der Waals surface area contributed by atoms with Crippen molar-refractivity contribution in [3.05, 3.63) is 18.0 Å². The van der Waals surface area contributed by atoms with Crippen LogP contribution in [0.25, 0.3) is 0 Å². The van der Waals surface area contributed by atoms with Crippen LogP contribution in [0.3, 0.4) is 0 Å². The number of nitrogens with zero attached hydrogens (tertiary/aromatic N) is 2. The highest BCUT2D eigenvalue weighted by Gasteiger charge is 2.37. The molecule has 2 fully saturated rings. The van der Waals surface area contributed by atoms with Crippen molar-refractivity contribution < 1.29 is 14.3 Å². The van der Waals surface area contributed by atoms with Gasteiger partial charge in [-0.2, -0.15) is 5.10 Å². The summed E-state index contributed by atoms with van der Waals surface area (Å²) in [4.78, 5) is 25.3. The smallest absolute Gasteiger partial charge is 0.226 e. The van der Waals surface area contributed by atoms with Crippen LogP contribution in [0.5, 0.6) is 0 Å². The van der Waals surface area contributed by atoms with Crippen molar-refractivity contribution in [2.75, 3.05) is 19.7 Å². The first-order valence-electron chi connectivity index (χ1n) is 7.32. The number of nitrogens with one attached hydrogen (secondary N) is 2. The molecule has 2 saturated heterocycles. The maximum Gasteiger partial charge on any atom is 0.226 e. The van der Waals surface area contributed by atoms with Crippen molar-refractivity contribution in [2.45, 2.75) is 31.9 Å². The summed E-state index contributed by atoms with van der Waals surface area (Å²) in [5.74, 6) is -0.148. The largest absolute Gasteiger partial charge is 0.371 e. The fraction of sp³-hybridized carbons (Fsp3) is 0.643. The van der Waals surface area contributed by atoms with Gasteiger partial charge in [0.2, 0.25) is 11.8 Å². The van der Waals surface area contributed by atoms with Gasteiger partial charge in [-0.3, -0.25) is 14.7 Å². The summed E-state index contributed by atoms with van der Waals surface area (Å²) in [5.41, 5.74) is 0.842. The van der Waals surface area contributed by atoms with Crippen LogP contribution >= 0.6 is 0 Å². The second-order valence-electron chi connectivity index (χ2n) is 5.68. The molecular weight excluding hydrogens is 272 g/mol. The minimum Gasteiger partial charge on any atom is -0.371 e. The van der Waals surface area contributed by atoms with E-state index in [9.17, 15) is 9.59 Å². The number of rotatable bonds is 3. The number of aromatic nitrogens is 2. The number of hydrogen-bond acceptors (Lipinski definition) is 4. The Kier molecular flexibility index (Phi) is 3.92. The molecular formula is C14H20N4O3. The summed E-state index contributed by atoms with van der Waals surface area (Å²) in [6.45, 7) is 3.41. The number of amides is 2. The van der Waals surface area contributed by atoms with Crippen LogP contribution in [0.15, 0.2) is 12.3 Å². The van der Waals surface area contributed by atoms with Gasteiger partial charge in [0.25, 0.3) is 0 Å². The highest BCUT2D eigenvalue weighted by molar-refractivity contribution is 5.80. The van der Waals surface area contributed by atoms with E-state index >= 15 is 0 Å². The molecule has 7 nitrogen and oxygen atoms in total. The zero-order valence-electron chi connectivity index (χ0n) is 12.0. The molecule has 21 heavy (non-hydrogen) atoms. The molecule has 0 aromatic carbocycles. The summed E-state index contributed by atoms with van der Waals surface area (Å²) in [7, 11) is 0. The van der Waals surface area contributed by atoms with E-state index in [1.165, 1.54) is 0 Å². The van der Waals surface area contributed by atoms with Gasteiger partial charge in [-0.25, -0.2) is 0 Å². The summed E-state index contributed by atoms with van der Waals surface area (Å²) in [6, 6.07) is 1.91. The van der Waals surface area contributed by atoms with Crippen LogP contribution in [-0.4, -0.2) is 52.6 Å². The molecule has 114 valence electrons. The lowest BCUT2D eigenvalue weighted by Crippen LogP contribution is -2.61. The number of hydrogen-bond donors (Lipinski definition) is 2. The van der Waals surface area contributed by atoms with Gasteiger partial charge < -0.3 is 15.0 Å². The molecule has 0 radical (unpaired) electrons. The number of carbonyl (C=O) groups excluding carboxylic acids is 2. The normalized spacial score (nSPS) is 26.2. The van der Waals surface area contributed by atoms with Gasteiger partial charge in [0.15, 0.2) is 0 Å². The Morgan fingerprint density at radius 1 is 1.48 bits per heavy atom. The SMILES string of the molecule is CC(=O)N1CC(NC(=O)[C@@H]2CCCO[C@H]2c2ccn[nH]2)C1. The zero-order chi connectivity index (χ0) is 14.8. The summed E-state index contributed by atoms with van der Waals surface area (Å²) >= 11 is 0. The molecule has 2 atom stereocenters. The van der Waals surface area contributed by atoms with E-state index in [2.05, 4.69) is 15.5 Å². The first kappa shape index (κ1) is 14.1. The van der Waals surface area contributed by atoms with Crippen LogP contribution in [0, 0.1) is 5.92 Å². The monoisotopic (exact) mass is 292 g/mol. The number of aromatic amines is 1. The van der Waals surface area contributed by atoms with E-state index in [1.54, 1.807) is 18.0 Å². The van der Waals surface area contributed by atoms with E-state index in [0.29, 0.717) is 19.7 Å². The van der Waals surface area contributed by atoms with Gasteiger partial charge in [-0.05, 0) is 18.9 Å². The average molecular weight is 292 g/mol. The first-order chi connectivity index (χ1) is 10.1. The van der Waals surface area contributed by atoms with Gasteiger partial charge in [0.05, 0.1) is 17.7 Å². The maximum atomic E-state index is 12.5. The Morgan fingerprint density at radius 3 is 2.95 bits per heavy atom. The number of likely N-dealkylation sites (tertiary alicyclic amines) is 1. The molecule has 0 saturated carbocycles. The van der Waals surface area contributed by atoms with Crippen molar-refractivity contribution >= 4 is 11.8 Å². The second kappa shape index (κ2) is 5.85. The quantitative estimate of drug-likeness (QED) is 0.834. The summed E-state index contributed by atoms with van der Waals surface area (Å²) in [5, 5.41) is 9.83. The molecule has 1 aromatic rings. The highest BCUT2D eigenvalue weighted by Crippen LogP contribution is 2.32. The van der Waals surface area contributed by atoms with E-state index < -0.39 is 0 Å². The second-order valence-corrected chi connectivity index (χ2v) is 5.68. The van der Waals surface area contributed by atoms with Crippen molar-refractivity contribution in [3.63, 3.8) is 0 Å². The Bertz CT molecular complexity index is 510. The molecule has 7 heteroatoms. The van der Waals surface area contributed by atoms with Crippen molar-refractivity contribution in [2.24, 2.45) is 5.92 Å². The number of H-pyrrole nitrogens is 1. The van der Waals surface area contributed by atoms with E-state index in [0.717, 1.165) is 18.5 Å². The Balaban J connectivity index is 1.59. The lowest BCUT2D eigenvalue weighted by Gasteiger charge is -2.40. The number of carbonyl (C=O) groups is 2. The molecule has 3 heterocycles. The highest BCUT2D eigenvalue weighted by atomic mass is 16.5. The molecule has 2 N–H and O–H groups in total. The molecule has 1 aromatic heterocycles. The minimum atomic E-state index is -0.259. The van der Waals surface area contributed by atoms with Crippen molar-refractivity contribution in [3.8, 4) is 0 Å².